The Bertz CT molecular complexity index is 598. The van der Waals surface area contributed by atoms with Gasteiger partial charge in [-0.3, -0.25) is 4.90 Å². The predicted octanol–water partition coefficient (Wildman–Crippen LogP) is 2.64. The highest BCUT2D eigenvalue weighted by Crippen LogP contribution is 2.21. The monoisotopic (exact) mass is 272 g/mol. The Hall–Kier alpha value is -2.14. The van der Waals surface area contributed by atoms with E-state index in [-0.39, 0.29) is 5.76 Å². The summed E-state index contributed by atoms with van der Waals surface area (Å²) in [5.74, 6) is -1.24. The van der Waals surface area contributed by atoms with Crippen LogP contribution in [0.1, 0.15) is 29.0 Å². The van der Waals surface area contributed by atoms with Crippen molar-refractivity contribution in [3.63, 3.8) is 0 Å². The lowest BCUT2D eigenvalue weighted by Gasteiger charge is -2.14. The molecule has 1 saturated heterocycles. The van der Waals surface area contributed by atoms with Crippen molar-refractivity contribution in [3.8, 4) is 11.3 Å². The fraction of sp³-hybridized carbons (Fsp3) is 0.333. The van der Waals surface area contributed by atoms with E-state index in [4.69, 9.17) is 9.63 Å². The van der Waals surface area contributed by atoms with Gasteiger partial charge in [-0.1, -0.05) is 29.4 Å². The number of rotatable bonds is 4. The number of benzene rings is 1. The van der Waals surface area contributed by atoms with Crippen LogP contribution in [0.2, 0.25) is 0 Å². The van der Waals surface area contributed by atoms with Gasteiger partial charge in [0.05, 0.1) is 0 Å². The summed E-state index contributed by atoms with van der Waals surface area (Å²) in [5, 5.41) is 12.6. The Kier molecular flexibility index (Phi) is 3.52. The van der Waals surface area contributed by atoms with Crippen molar-refractivity contribution in [2.24, 2.45) is 0 Å². The summed E-state index contributed by atoms with van der Waals surface area (Å²) in [4.78, 5) is 13.2. The van der Waals surface area contributed by atoms with Gasteiger partial charge in [-0.15, -0.1) is 0 Å². The molecule has 20 heavy (non-hydrogen) atoms. The highest BCUT2D eigenvalue weighted by atomic mass is 16.5. The molecule has 0 atom stereocenters. The fourth-order valence-corrected chi connectivity index (χ4v) is 2.49. The molecule has 1 aromatic heterocycles. The first-order valence-electron chi connectivity index (χ1n) is 6.74. The molecule has 104 valence electrons. The first-order valence-corrected chi connectivity index (χ1v) is 6.74. The summed E-state index contributed by atoms with van der Waals surface area (Å²) in [6.45, 7) is 3.32. The minimum Gasteiger partial charge on any atom is -0.475 e. The molecule has 1 N–H and O–H groups in total. The Labute approximate surface area is 116 Å². The van der Waals surface area contributed by atoms with Gasteiger partial charge < -0.3 is 9.63 Å². The van der Waals surface area contributed by atoms with Crippen molar-refractivity contribution in [2.45, 2.75) is 19.4 Å². The van der Waals surface area contributed by atoms with Gasteiger partial charge in [0.25, 0.3) is 0 Å². The maximum Gasteiger partial charge on any atom is 0.374 e. The number of carboxylic acid groups (broad SMARTS) is 1. The average Bonchev–Trinajstić information content (AvgIpc) is 3.10. The molecule has 0 saturated carbocycles. The number of nitrogens with zero attached hydrogens (tertiary/aromatic N) is 2. The summed E-state index contributed by atoms with van der Waals surface area (Å²) >= 11 is 0. The van der Waals surface area contributed by atoms with Gasteiger partial charge in [-0.2, -0.15) is 0 Å². The number of aromatic carboxylic acids is 1. The largest absolute Gasteiger partial charge is 0.475 e. The van der Waals surface area contributed by atoms with Crippen LogP contribution in [0.25, 0.3) is 11.3 Å². The van der Waals surface area contributed by atoms with Crippen LogP contribution in [0, 0.1) is 0 Å². The van der Waals surface area contributed by atoms with E-state index in [0.717, 1.165) is 12.1 Å². The van der Waals surface area contributed by atoms with Crippen LogP contribution in [0.4, 0.5) is 0 Å². The summed E-state index contributed by atoms with van der Waals surface area (Å²) in [5.41, 5.74) is 2.68. The molecule has 0 radical (unpaired) electrons. The number of carbonyl (C=O) groups is 1. The number of aromatic nitrogens is 1. The lowest BCUT2D eigenvalue weighted by molar-refractivity contribution is 0.0652. The molecule has 0 unspecified atom stereocenters. The Balaban J connectivity index is 1.72. The molecule has 2 heterocycles. The van der Waals surface area contributed by atoms with Crippen molar-refractivity contribution >= 4 is 5.97 Å². The van der Waals surface area contributed by atoms with Crippen LogP contribution >= 0.6 is 0 Å². The minimum absolute atomic E-state index is 0.138. The lowest BCUT2D eigenvalue weighted by Crippen LogP contribution is -2.18. The highest BCUT2D eigenvalue weighted by molar-refractivity contribution is 5.85. The SMILES string of the molecule is O=C(O)c1cc(-c2ccc(CN3CCCC3)cc2)no1. The van der Waals surface area contributed by atoms with E-state index in [2.05, 4.69) is 22.2 Å². The zero-order valence-electron chi connectivity index (χ0n) is 11.1. The fourth-order valence-electron chi connectivity index (χ4n) is 2.49. The van der Waals surface area contributed by atoms with Crippen LogP contribution in [0.3, 0.4) is 0 Å². The third-order valence-electron chi connectivity index (χ3n) is 3.58. The van der Waals surface area contributed by atoms with Gasteiger partial charge in [0, 0.05) is 18.2 Å². The van der Waals surface area contributed by atoms with Crippen LogP contribution < -0.4 is 0 Å². The van der Waals surface area contributed by atoms with Gasteiger partial charge in [-0.25, -0.2) is 4.79 Å². The van der Waals surface area contributed by atoms with Crippen molar-refractivity contribution in [2.75, 3.05) is 13.1 Å². The molecule has 0 spiro atoms. The van der Waals surface area contributed by atoms with Gasteiger partial charge in [0.1, 0.15) is 5.69 Å². The van der Waals surface area contributed by atoms with Crippen LogP contribution in [0.5, 0.6) is 0 Å². The van der Waals surface area contributed by atoms with E-state index in [9.17, 15) is 4.79 Å². The van der Waals surface area contributed by atoms with E-state index in [1.165, 1.54) is 37.6 Å². The quantitative estimate of drug-likeness (QED) is 0.926. The minimum atomic E-state index is -1.10. The molecule has 0 aliphatic carbocycles. The zero-order chi connectivity index (χ0) is 13.9. The Morgan fingerprint density at radius 3 is 2.55 bits per heavy atom. The number of likely N-dealkylation sites (tertiary alicyclic amines) is 1. The molecule has 0 bridgehead atoms. The molecule has 5 nitrogen and oxygen atoms in total. The van der Waals surface area contributed by atoms with E-state index >= 15 is 0 Å². The van der Waals surface area contributed by atoms with Crippen LogP contribution in [-0.2, 0) is 6.54 Å². The Morgan fingerprint density at radius 1 is 1.25 bits per heavy atom. The van der Waals surface area contributed by atoms with E-state index in [1.807, 2.05) is 12.1 Å². The van der Waals surface area contributed by atoms with Gasteiger partial charge >= 0.3 is 5.97 Å². The van der Waals surface area contributed by atoms with E-state index in [1.54, 1.807) is 0 Å². The van der Waals surface area contributed by atoms with Gasteiger partial charge in [-0.05, 0) is 31.5 Å². The lowest BCUT2D eigenvalue weighted by atomic mass is 10.1. The highest BCUT2D eigenvalue weighted by Gasteiger charge is 2.13. The molecule has 1 aliphatic rings. The number of carboxylic acids is 1. The standard InChI is InChI=1S/C15H16N2O3/c18-15(19)14-9-13(16-20-14)12-5-3-11(4-6-12)10-17-7-1-2-8-17/h3-6,9H,1-2,7-8,10H2,(H,18,19). The van der Waals surface area contributed by atoms with Crippen molar-refractivity contribution in [1.82, 2.24) is 10.1 Å². The van der Waals surface area contributed by atoms with Gasteiger partial charge in [0.2, 0.25) is 5.76 Å². The average molecular weight is 272 g/mol. The summed E-state index contributed by atoms with van der Waals surface area (Å²) < 4.78 is 4.76. The molecule has 2 aromatic rings. The second-order valence-electron chi connectivity index (χ2n) is 5.06. The normalized spacial score (nSPS) is 15.6. The molecule has 3 rings (SSSR count). The molecule has 1 aromatic carbocycles. The second kappa shape index (κ2) is 5.46. The third-order valence-corrected chi connectivity index (χ3v) is 3.58. The van der Waals surface area contributed by atoms with Crippen molar-refractivity contribution in [3.05, 3.63) is 41.7 Å². The molecule has 1 fully saturated rings. The van der Waals surface area contributed by atoms with Crippen LogP contribution in [0.15, 0.2) is 34.9 Å². The topological polar surface area (TPSA) is 66.6 Å². The molecule has 5 heteroatoms. The molecule has 0 amide bonds. The predicted molar refractivity (Wildman–Crippen MR) is 73.4 cm³/mol. The first-order chi connectivity index (χ1) is 9.72. The molecular formula is C15H16N2O3. The molecular weight excluding hydrogens is 256 g/mol. The zero-order valence-corrected chi connectivity index (χ0v) is 11.1. The van der Waals surface area contributed by atoms with Crippen molar-refractivity contribution in [1.29, 1.82) is 0 Å². The van der Waals surface area contributed by atoms with Gasteiger partial charge in [0.15, 0.2) is 0 Å². The second-order valence-corrected chi connectivity index (χ2v) is 5.06. The third kappa shape index (κ3) is 2.72. The number of hydrogen-bond donors (Lipinski definition) is 1. The van der Waals surface area contributed by atoms with Crippen LogP contribution in [-0.4, -0.2) is 34.2 Å². The maximum atomic E-state index is 10.8. The maximum absolute atomic E-state index is 10.8. The molecule has 1 aliphatic heterocycles. The Morgan fingerprint density at radius 2 is 1.95 bits per heavy atom. The van der Waals surface area contributed by atoms with Crippen molar-refractivity contribution < 1.29 is 14.4 Å². The summed E-state index contributed by atoms with van der Waals surface area (Å²) in [6, 6.07) is 9.47. The first kappa shape index (κ1) is 12.9. The van der Waals surface area contributed by atoms with E-state index < -0.39 is 5.97 Å². The number of hydrogen-bond acceptors (Lipinski definition) is 4. The van der Waals surface area contributed by atoms with E-state index in [0.29, 0.717) is 5.69 Å². The summed E-state index contributed by atoms with van der Waals surface area (Å²) in [7, 11) is 0. The summed E-state index contributed by atoms with van der Waals surface area (Å²) in [6.07, 6.45) is 2.57. The smallest absolute Gasteiger partial charge is 0.374 e.